The van der Waals surface area contributed by atoms with Gasteiger partial charge in [0.05, 0.1) is 0 Å². The topological polar surface area (TPSA) is 0 Å². The first kappa shape index (κ1) is 10.3. The Bertz CT molecular complexity index is 277. The molecule has 0 amide bonds. The van der Waals surface area contributed by atoms with Gasteiger partial charge in [-0.2, -0.15) is 0 Å². The van der Waals surface area contributed by atoms with Gasteiger partial charge in [-0.15, -0.1) is 0 Å². The van der Waals surface area contributed by atoms with Crippen LogP contribution in [0.25, 0.3) is 6.08 Å². The van der Waals surface area contributed by atoms with E-state index >= 15 is 0 Å². The molecule has 0 fully saturated rings. The molecule has 64 valence electrons. The monoisotopic (exact) mass is 308 g/mol. The van der Waals surface area contributed by atoms with Crippen molar-refractivity contribution in [3.05, 3.63) is 39.3 Å². The predicted molar refractivity (Wildman–Crippen MR) is 62.2 cm³/mol. The van der Waals surface area contributed by atoms with Gasteiger partial charge < -0.3 is 0 Å². The minimum absolute atomic E-state index is 0.766. The maximum atomic E-state index is 5.74. The second kappa shape index (κ2) is 5.05. The third kappa shape index (κ3) is 3.30. The van der Waals surface area contributed by atoms with Gasteiger partial charge in [0.1, 0.15) is 0 Å². The van der Waals surface area contributed by atoms with Crippen LogP contribution >= 0.6 is 43.5 Å². The van der Waals surface area contributed by atoms with E-state index in [1.807, 2.05) is 30.3 Å². The summed E-state index contributed by atoms with van der Waals surface area (Å²) in [4.78, 5) is 0. The molecule has 1 rings (SSSR count). The smallest absolute Gasteiger partial charge is 0.0406 e. The molecule has 0 radical (unpaired) electrons. The number of alkyl halides is 1. The zero-order chi connectivity index (χ0) is 8.97. The summed E-state index contributed by atoms with van der Waals surface area (Å²) in [6, 6.07) is 7.71. The summed E-state index contributed by atoms with van der Waals surface area (Å²) >= 11 is 12.5. The van der Waals surface area contributed by atoms with E-state index in [1.54, 1.807) is 0 Å². The van der Waals surface area contributed by atoms with Gasteiger partial charge >= 0.3 is 0 Å². The molecule has 1 aromatic carbocycles. The Hall–Kier alpha value is 0.210. The van der Waals surface area contributed by atoms with Crippen LogP contribution in [0.1, 0.15) is 5.56 Å². The van der Waals surface area contributed by atoms with E-state index in [1.165, 1.54) is 0 Å². The summed E-state index contributed by atoms with van der Waals surface area (Å²) in [6.45, 7) is 0. The summed E-state index contributed by atoms with van der Waals surface area (Å²) in [7, 11) is 0. The molecule has 0 spiro atoms. The molecule has 0 saturated heterocycles. The normalized spacial score (nSPS) is 11.8. The van der Waals surface area contributed by atoms with Gasteiger partial charge in [0, 0.05) is 14.8 Å². The van der Waals surface area contributed by atoms with Crippen molar-refractivity contribution in [2.75, 3.05) is 5.33 Å². The zero-order valence-corrected chi connectivity index (χ0v) is 10.2. The number of halogens is 3. The van der Waals surface area contributed by atoms with Crippen LogP contribution < -0.4 is 0 Å². The number of allylic oxidation sites excluding steroid dienone is 1. The molecule has 0 N–H and O–H groups in total. The molecular formula is C9H7Br2Cl. The molecule has 1 aromatic rings. The van der Waals surface area contributed by atoms with Crippen molar-refractivity contribution >= 4 is 49.5 Å². The fourth-order valence-corrected chi connectivity index (χ4v) is 1.33. The second-order valence-corrected chi connectivity index (χ2v) is 4.29. The lowest BCUT2D eigenvalue weighted by Crippen LogP contribution is -1.74. The minimum atomic E-state index is 0.766. The van der Waals surface area contributed by atoms with Gasteiger partial charge in [-0.25, -0.2) is 0 Å². The Balaban J connectivity index is 2.84. The molecule has 0 nitrogen and oxygen atoms in total. The summed E-state index contributed by atoms with van der Waals surface area (Å²) in [5, 5.41) is 1.59. The average Bonchev–Trinajstić information content (AvgIpc) is 2.09. The van der Waals surface area contributed by atoms with Crippen molar-refractivity contribution in [3.8, 4) is 0 Å². The van der Waals surface area contributed by atoms with E-state index in [0.29, 0.717) is 0 Å². The molecule has 0 bridgehead atoms. The van der Waals surface area contributed by atoms with E-state index in [9.17, 15) is 0 Å². The van der Waals surface area contributed by atoms with Crippen molar-refractivity contribution in [2.45, 2.75) is 0 Å². The Labute approximate surface area is 93.9 Å². The molecule has 0 heterocycles. The van der Waals surface area contributed by atoms with E-state index in [0.717, 1.165) is 20.4 Å². The van der Waals surface area contributed by atoms with Gasteiger partial charge in [-0.05, 0) is 23.8 Å². The van der Waals surface area contributed by atoms with Crippen molar-refractivity contribution in [1.29, 1.82) is 0 Å². The van der Waals surface area contributed by atoms with Gasteiger partial charge in [0.25, 0.3) is 0 Å². The lowest BCUT2D eigenvalue weighted by atomic mass is 10.2. The number of rotatable bonds is 2. The average molecular weight is 310 g/mol. The van der Waals surface area contributed by atoms with Gasteiger partial charge in [0.2, 0.25) is 0 Å². The van der Waals surface area contributed by atoms with E-state index in [-0.39, 0.29) is 0 Å². The molecule has 3 heteroatoms. The largest absolute Gasteiger partial charge is 0.0870 e. The van der Waals surface area contributed by atoms with Crippen LogP contribution in [0.4, 0.5) is 0 Å². The Morgan fingerprint density at radius 1 is 1.33 bits per heavy atom. The molecule has 0 aromatic heterocycles. The van der Waals surface area contributed by atoms with Crippen LogP contribution in [0.3, 0.4) is 0 Å². The van der Waals surface area contributed by atoms with Crippen LogP contribution in [0.15, 0.2) is 28.7 Å². The summed E-state index contributed by atoms with van der Waals surface area (Å²) in [5.74, 6) is 0. The third-order valence-electron chi connectivity index (χ3n) is 1.32. The van der Waals surface area contributed by atoms with Gasteiger partial charge in [-0.1, -0.05) is 55.6 Å². The fourth-order valence-electron chi connectivity index (χ4n) is 0.778. The molecule has 0 atom stereocenters. The molecule has 0 aliphatic rings. The number of benzene rings is 1. The lowest BCUT2D eigenvalue weighted by Gasteiger charge is -1.94. The fraction of sp³-hybridized carbons (Fsp3) is 0.111. The highest BCUT2D eigenvalue weighted by Crippen LogP contribution is 2.16. The van der Waals surface area contributed by atoms with Crippen LogP contribution in [0.2, 0.25) is 5.02 Å². The number of hydrogen-bond donors (Lipinski definition) is 0. The van der Waals surface area contributed by atoms with Crippen LogP contribution in [0.5, 0.6) is 0 Å². The first-order valence-electron chi connectivity index (χ1n) is 3.40. The molecule has 0 aliphatic carbocycles. The third-order valence-corrected chi connectivity index (χ3v) is 3.44. The Kier molecular flexibility index (Phi) is 4.33. The molecule has 0 unspecified atom stereocenters. The SMILES string of the molecule is Clc1ccc(/C=C(\Br)CBr)cc1. The molecule has 12 heavy (non-hydrogen) atoms. The van der Waals surface area contributed by atoms with E-state index in [2.05, 4.69) is 31.9 Å². The van der Waals surface area contributed by atoms with Crippen LogP contribution in [-0.4, -0.2) is 5.33 Å². The van der Waals surface area contributed by atoms with E-state index in [4.69, 9.17) is 11.6 Å². The van der Waals surface area contributed by atoms with Gasteiger partial charge in [-0.3, -0.25) is 0 Å². The predicted octanol–water partition coefficient (Wildman–Crippen LogP) is 4.47. The van der Waals surface area contributed by atoms with Crippen molar-refractivity contribution < 1.29 is 0 Å². The Morgan fingerprint density at radius 2 is 1.92 bits per heavy atom. The minimum Gasteiger partial charge on any atom is -0.0870 e. The van der Waals surface area contributed by atoms with Crippen molar-refractivity contribution in [2.24, 2.45) is 0 Å². The highest BCUT2D eigenvalue weighted by Gasteiger charge is 1.91. The Morgan fingerprint density at radius 3 is 2.42 bits per heavy atom. The maximum Gasteiger partial charge on any atom is 0.0406 e. The standard InChI is InChI=1S/C9H7Br2Cl/c10-6-8(11)5-7-1-3-9(12)4-2-7/h1-5H,6H2/b8-5-. The second-order valence-electron chi connectivity index (χ2n) is 2.28. The van der Waals surface area contributed by atoms with Crippen LogP contribution in [-0.2, 0) is 0 Å². The van der Waals surface area contributed by atoms with Crippen molar-refractivity contribution in [1.82, 2.24) is 0 Å². The molecule has 0 aliphatic heterocycles. The summed E-state index contributed by atoms with van der Waals surface area (Å²) < 4.78 is 1.12. The highest BCUT2D eigenvalue weighted by molar-refractivity contribution is 9.13. The molecular weight excluding hydrogens is 303 g/mol. The van der Waals surface area contributed by atoms with Crippen molar-refractivity contribution in [3.63, 3.8) is 0 Å². The number of hydrogen-bond acceptors (Lipinski definition) is 0. The molecule has 0 saturated carbocycles. The lowest BCUT2D eigenvalue weighted by molar-refractivity contribution is 1.64. The quantitative estimate of drug-likeness (QED) is 0.707. The first-order chi connectivity index (χ1) is 5.72. The highest BCUT2D eigenvalue weighted by atomic mass is 79.9. The first-order valence-corrected chi connectivity index (χ1v) is 5.69. The zero-order valence-electron chi connectivity index (χ0n) is 6.23. The summed E-state index contributed by atoms with van der Waals surface area (Å²) in [5.41, 5.74) is 1.14. The maximum absolute atomic E-state index is 5.74. The van der Waals surface area contributed by atoms with Crippen LogP contribution in [0, 0.1) is 0 Å². The van der Waals surface area contributed by atoms with E-state index < -0.39 is 0 Å². The summed E-state index contributed by atoms with van der Waals surface area (Å²) in [6.07, 6.45) is 2.05. The van der Waals surface area contributed by atoms with Gasteiger partial charge in [0.15, 0.2) is 0 Å².